The molecule has 0 radical (unpaired) electrons. The molecule has 2 aromatic heterocycles. The molecule has 0 unspecified atom stereocenters. The van der Waals surface area contributed by atoms with Crippen molar-refractivity contribution in [2.24, 2.45) is 0 Å². The molecule has 0 amide bonds. The maximum Gasteiger partial charge on any atom is 0.115 e. The molecule has 0 aliphatic carbocycles. The van der Waals surface area contributed by atoms with Gasteiger partial charge >= 0.3 is 0 Å². The van der Waals surface area contributed by atoms with Crippen LogP contribution in [0.4, 0.5) is 5.69 Å². The molecule has 0 saturated heterocycles. The lowest BCUT2D eigenvalue weighted by molar-refractivity contribution is 0.475. The van der Waals surface area contributed by atoms with E-state index in [9.17, 15) is 5.11 Å². The van der Waals surface area contributed by atoms with E-state index in [1.54, 1.807) is 24.7 Å². The van der Waals surface area contributed by atoms with Gasteiger partial charge in [-0.05, 0) is 23.8 Å². The van der Waals surface area contributed by atoms with Crippen molar-refractivity contribution < 1.29 is 5.11 Å². The molecule has 0 spiro atoms. The Balaban J connectivity index is 2.20. The van der Waals surface area contributed by atoms with Crippen molar-refractivity contribution >= 4 is 11.2 Å². The van der Waals surface area contributed by atoms with Crippen LogP contribution in [0.1, 0.15) is 0 Å². The lowest BCUT2D eigenvalue weighted by Gasteiger charge is -2.05. The Kier molecular flexibility index (Phi) is 2.01. The minimum atomic E-state index is 0.255. The molecule has 0 fully saturated rings. The van der Waals surface area contributed by atoms with Gasteiger partial charge in [0.1, 0.15) is 5.75 Å². The van der Waals surface area contributed by atoms with E-state index in [0.717, 1.165) is 16.6 Å². The summed E-state index contributed by atoms with van der Waals surface area (Å²) in [7, 11) is 0. The van der Waals surface area contributed by atoms with Crippen LogP contribution < -0.4 is 5.73 Å². The highest BCUT2D eigenvalue weighted by molar-refractivity contribution is 5.76. The zero-order chi connectivity index (χ0) is 11.8. The molecule has 0 aliphatic rings. The van der Waals surface area contributed by atoms with E-state index in [2.05, 4.69) is 4.98 Å². The largest absolute Gasteiger partial charge is 0.508 e. The van der Waals surface area contributed by atoms with E-state index in [0.29, 0.717) is 5.69 Å². The molecule has 0 aliphatic heterocycles. The highest BCUT2D eigenvalue weighted by Crippen LogP contribution is 2.25. The molecule has 2 heterocycles. The third-order valence-corrected chi connectivity index (χ3v) is 2.75. The molecule has 1 aromatic carbocycles. The minimum Gasteiger partial charge on any atom is -0.508 e. The summed E-state index contributed by atoms with van der Waals surface area (Å²) in [4.78, 5) is 4.05. The predicted octanol–water partition coefficient (Wildman–Crippen LogP) is 2.29. The highest BCUT2D eigenvalue weighted by Gasteiger charge is 2.03. The topological polar surface area (TPSA) is 63.5 Å². The number of phenols is 1. The molecule has 3 rings (SSSR count). The number of anilines is 1. The second-order valence-electron chi connectivity index (χ2n) is 3.92. The zero-order valence-electron chi connectivity index (χ0n) is 9.04. The standard InChI is InChI=1S/C13H11N3O/c14-12-5-10(7-16-8-15-6-13(12)16)9-1-3-11(17)4-2-9/h1-8,17H,14H2. The number of nitrogens with two attached hydrogens (primary N) is 1. The number of nitrogens with zero attached hydrogens (tertiary/aromatic N) is 2. The average molecular weight is 225 g/mol. The van der Waals surface area contributed by atoms with Crippen molar-refractivity contribution in [1.82, 2.24) is 9.38 Å². The first-order chi connectivity index (χ1) is 8.24. The zero-order valence-corrected chi connectivity index (χ0v) is 9.04. The van der Waals surface area contributed by atoms with E-state index < -0.39 is 0 Å². The first-order valence-electron chi connectivity index (χ1n) is 5.24. The normalized spacial score (nSPS) is 10.8. The molecule has 0 bridgehead atoms. The molecule has 3 N–H and O–H groups in total. The van der Waals surface area contributed by atoms with Gasteiger partial charge < -0.3 is 15.2 Å². The lowest BCUT2D eigenvalue weighted by atomic mass is 10.1. The fourth-order valence-corrected chi connectivity index (χ4v) is 1.87. The fraction of sp³-hybridized carbons (Fsp3) is 0. The Morgan fingerprint density at radius 3 is 2.65 bits per heavy atom. The number of rotatable bonds is 1. The SMILES string of the molecule is Nc1cc(-c2ccc(O)cc2)cn2cncc12. The van der Waals surface area contributed by atoms with E-state index in [-0.39, 0.29) is 5.75 Å². The van der Waals surface area contributed by atoms with Gasteiger partial charge in [-0.1, -0.05) is 12.1 Å². The summed E-state index contributed by atoms with van der Waals surface area (Å²) in [6, 6.07) is 8.93. The van der Waals surface area contributed by atoms with Crippen LogP contribution in [0.25, 0.3) is 16.6 Å². The van der Waals surface area contributed by atoms with Crippen LogP contribution >= 0.6 is 0 Å². The highest BCUT2D eigenvalue weighted by atomic mass is 16.3. The van der Waals surface area contributed by atoms with Crippen molar-refractivity contribution in [3.8, 4) is 16.9 Å². The van der Waals surface area contributed by atoms with Crippen molar-refractivity contribution in [2.75, 3.05) is 5.73 Å². The fourth-order valence-electron chi connectivity index (χ4n) is 1.87. The summed E-state index contributed by atoms with van der Waals surface area (Å²) in [5.41, 5.74) is 9.54. The first-order valence-corrected chi connectivity index (χ1v) is 5.24. The molecule has 0 atom stereocenters. The van der Waals surface area contributed by atoms with Crippen LogP contribution in [0.3, 0.4) is 0 Å². The average Bonchev–Trinajstić information content (AvgIpc) is 2.78. The van der Waals surface area contributed by atoms with Crippen LogP contribution in [0.5, 0.6) is 5.75 Å². The summed E-state index contributed by atoms with van der Waals surface area (Å²) in [5, 5.41) is 9.26. The van der Waals surface area contributed by atoms with E-state index in [1.165, 1.54) is 0 Å². The number of benzene rings is 1. The van der Waals surface area contributed by atoms with Crippen molar-refractivity contribution in [3.63, 3.8) is 0 Å². The molecule has 17 heavy (non-hydrogen) atoms. The maximum absolute atomic E-state index is 9.26. The van der Waals surface area contributed by atoms with Gasteiger partial charge in [0.05, 0.1) is 23.7 Å². The van der Waals surface area contributed by atoms with Crippen molar-refractivity contribution in [2.45, 2.75) is 0 Å². The maximum atomic E-state index is 9.26. The van der Waals surface area contributed by atoms with Gasteiger partial charge in [-0.2, -0.15) is 0 Å². The number of nitrogen functional groups attached to an aromatic ring is 1. The van der Waals surface area contributed by atoms with Gasteiger partial charge in [0.25, 0.3) is 0 Å². The van der Waals surface area contributed by atoms with Gasteiger partial charge in [0, 0.05) is 11.8 Å². The Bertz CT molecular complexity index is 671. The number of pyridine rings is 1. The van der Waals surface area contributed by atoms with Gasteiger partial charge in [0.15, 0.2) is 0 Å². The molecular formula is C13H11N3O. The third kappa shape index (κ3) is 1.59. The number of hydrogen-bond acceptors (Lipinski definition) is 3. The lowest BCUT2D eigenvalue weighted by Crippen LogP contribution is -1.92. The molecule has 4 heteroatoms. The smallest absolute Gasteiger partial charge is 0.115 e. The second-order valence-corrected chi connectivity index (χ2v) is 3.92. The summed E-state index contributed by atoms with van der Waals surface area (Å²) >= 11 is 0. The Morgan fingerprint density at radius 1 is 1.12 bits per heavy atom. The van der Waals surface area contributed by atoms with Gasteiger partial charge in [-0.3, -0.25) is 0 Å². The quantitative estimate of drug-likeness (QED) is 0.667. The molecule has 4 nitrogen and oxygen atoms in total. The number of imidazole rings is 1. The van der Waals surface area contributed by atoms with E-state index in [1.807, 2.05) is 28.8 Å². The Morgan fingerprint density at radius 2 is 1.88 bits per heavy atom. The molecule has 0 saturated carbocycles. The van der Waals surface area contributed by atoms with E-state index in [4.69, 9.17) is 5.73 Å². The number of phenolic OH excluding ortho intramolecular Hbond substituents is 1. The van der Waals surface area contributed by atoms with Crippen LogP contribution in [-0.4, -0.2) is 14.5 Å². The number of aromatic nitrogens is 2. The monoisotopic (exact) mass is 225 g/mol. The number of hydrogen-bond donors (Lipinski definition) is 2. The van der Waals surface area contributed by atoms with Crippen LogP contribution in [0.2, 0.25) is 0 Å². The van der Waals surface area contributed by atoms with Crippen LogP contribution in [0, 0.1) is 0 Å². The molecular weight excluding hydrogens is 214 g/mol. The first kappa shape index (κ1) is 9.72. The van der Waals surface area contributed by atoms with Crippen molar-refractivity contribution in [3.05, 3.63) is 49.1 Å². The minimum absolute atomic E-state index is 0.255. The third-order valence-electron chi connectivity index (χ3n) is 2.75. The summed E-state index contributed by atoms with van der Waals surface area (Å²) in [5.74, 6) is 0.255. The molecule has 3 aromatic rings. The van der Waals surface area contributed by atoms with Gasteiger partial charge in [-0.25, -0.2) is 4.98 Å². The van der Waals surface area contributed by atoms with Crippen LogP contribution in [0.15, 0.2) is 49.1 Å². The van der Waals surface area contributed by atoms with Gasteiger partial charge in [0.2, 0.25) is 0 Å². The Hall–Kier alpha value is -2.49. The van der Waals surface area contributed by atoms with Crippen molar-refractivity contribution in [1.29, 1.82) is 0 Å². The summed E-state index contributed by atoms with van der Waals surface area (Å²) in [6.45, 7) is 0. The molecule has 84 valence electrons. The second kappa shape index (κ2) is 3.52. The number of fused-ring (bicyclic) bond motifs is 1. The van der Waals surface area contributed by atoms with Crippen LogP contribution in [-0.2, 0) is 0 Å². The number of aromatic hydroxyl groups is 1. The summed E-state index contributed by atoms with van der Waals surface area (Å²) in [6.07, 6.45) is 5.41. The predicted molar refractivity (Wildman–Crippen MR) is 66.7 cm³/mol. The van der Waals surface area contributed by atoms with Gasteiger partial charge in [-0.15, -0.1) is 0 Å². The van der Waals surface area contributed by atoms with E-state index >= 15 is 0 Å². The summed E-state index contributed by atoms with van der Waals surface area (Å²) < 4.78 is 1.89. The Labute approximate surface area is 98.0 Å².